The predicted molar refractivity (Wildman–Crippen MR) is 88.1 cm³/mol. The molecule has 1 aromatic rings. The van der Waals surface area contributed by atoms with Gasteiger partial charge < -0.3 is 25.7 Å². The summed E-state index contributed by atoms with van der Waals surface area (Å²) in [6.45, 7) is 3.64. The number of nitrogens with zero attached hydrogens (tertiary/aromatic N) is 3. The second kappa shape index (κ2) is 5.73. The number of allylic oxidation sites excluding steroid dienone is 2. The molecule has 1 unspecified atom stereocenters. The monoisotopic (exact) mass is 314 g/mol. The van der Waals surface area contributed by atoms with Crippen LogP contribution in [0.1, 0.15) is 32.0 Å². The van der Waals surface area contributed by atoms with Gasteiger partial charge in [0.05, 0.1) is 12.6 Å². The van der Waals surface area contributed by atoms with Crippen LogP contribution < -0.4 is 11.1 Å². The molecule has 0 saturated carbocycles. The Balaban J connectivity index is 1.75. The lowest BCUT2D eigenvalue weighted by atomic mass is 9.93. The van der Waals surface area contributed by atoms with Gasteiger partial charge in [0.25, 0.3) is 0 Å². The number of H-pyrrole nitrogens is 1. The summed E-state index contributed by atoms with van der Waals surface area (Å²) in [5.74, 6) is 1.39. The van der Waals surface area contributed by atoms with E-state index in [-0.39, 0.29) is 6.17 Å². The molecule has 0 bridgehead atoms. The highest BCUT2D eigenvalue weighted by Crippen LogP contribution is 2.36. The number of ether oxygens (including phenoxy) is 1. The first-order valence-electron chi connectivity index (χ1n) is 8.08. The Labute approximate surface area is 135 Å². The van der Waals surface area contributed by atoms with E-state index >= 15 is 0 Å². The summed E-state index contributed by atoms with van der Waals surface area (Å²) in [5.41, 5.74) is 9.46. The van der Waals surface area contributed by atoms with Crippen molar-refractivity contribution < 1.29 is 4.74 Å². The molecule has 1 saturated heterocycles. The molecule has 0 amide bonds. The number of fused-ring (bicyclic) bond motifs is 1. The summed E-state index contributed by atoms with van der Waals surface area (Å²) in [5, 5.41) is 3.16. The van der Waals surface area contributed by atoms with Gasteiger partial charge in [0.15, 0.2) is 5.96 Å². The zero-order valence-electron chi connectivity index (χ0n) is 13.2. The van der Waals surface area contributed by atoms with Crippen molar-refractivity contribution >= 4 is 11.5 Å². The number of guanidine groups is 1. The van der Waals surface area contributed by atoms with Crippen molar-refractivity contribution in [2.75, 3.05) is 13.2 Å². The minimum absolute atomic E-state index is 0.0401. The van der Waals surface area contributed by atoms with Crippen molar-refractivity contribution in [2.45, 2.75) is 38.4 Å². The lowest BCUT2D eigenvalue weighted by molar-refractivity contribution is 0.0253. The van der Waals surface area contributed by atoms with E-state index < -0.39 is 0 Å². The third-order valence-corrected chi connectivity index (χ3v) is 4.70. The first-order chi connectivity index (χ1) is 11.2. The number of nitrogens with one attached hydrogen (secondary N) is 2. The molecule has 0 radical (unpaired) electrons. The lowest BCUT2D eigenvalue weighted by Gasteiger charge is -2.43. The molecule has 0 aliphatic carbocycles. The van der Waals surface area contributed by atoms with Crippen LogP contribution in [0.3, 0.4) is 0 Å². The van der Waals surface area contributed by atoms with E-state index in [9.17, 15) is 0 Å². The van der Waals surface area contributed by atoms with Crippen molar-refractivity contribution in [3.63, 3.8) is 0 Å². The van der Waals surface area contributed by atoms with Crippen LogP contribution in [0.15, 0.2) is 34.9 Å². The average Bonchev–Trinajstić information content (AvgIpc) is 3.09. The fourth-order valence-electron chi connectivity index (χ4n) is 3.53. The Morgan fingerprint density at radius 2 is 2.35 bits per heavy atom. The zero-order chi connectivity index (χ0) is 15.8. The van der Waals surface area contributed by atoms with Crippen LogP contribution in [0.4, 0.5) is 0 Å². The third-order valence-electron chi connectivity index (χ3n) is 4.70. The number of hydrogen-bond acceptors (Lipinski definition) is 6. The summed E-state index contributed by atoms with van der Waals surface area (Å²) in [6.07, 6.45) is 8.78. The largest absolute Gasteiger partial charge is 0.379 e. The van der Waals surface area contributed by atoms with Crippen LogP contribution in [-0.4, -0.2) is 46.2 Å². The molecule has 4 heterocycles. The molecule has 4 rings (SSSR count). The number of aromatic amines is 1. The smallest absolute Gasteiger partial charge is 0.195 e. The van der Waals surface area contributed by atoms with Crippen LogP contribution in [0, 0.1) is 0 Å². The Kier molecular flexibility index (Phi) is 3.57. The molecule has 3 aliphatic heterocycles. The van der Waals surface area contributed by atoms with E-state index in [0.29, 0.717) is 12.0 Å². The number of hydrogen-bond donors (Lipinski definition) is 3. The minimum atomic E-state index is -0.0401. The van der Waals surface area contributed by atoms with Crippen molar-refractivity contribution in [3.8, 4) is 0 Å². The Morgan fingerprint density at radius 1 is 1.43 bits per heavy atom. The number of rotatable bonds is 2. The fraction of sp³-hybridized carbons (Fsp3) is 0.500. The number of aliphatic imine (C=N–C) groups is 1. The van der Waals surface area contributed by atoms with Crippen LogP contribution in [-0.2, 0) is 4.74 Å². The maximum absolute atomic E-state index is 5.96. The highest BCUT2D eigenvalue weighted by molar-refractivity contribution is 5.82. The molecule has 7 heteroatoms. The molecule has 122 valence electrons. The quantitative estimate of drug-likeness (QED) is 0.762. The predicted octanol–water partition coefficient (Wildman–Crippen LogP) is 1.15. The van der Waals surface area contributed by atoms with Crippen LogP contribution in [0.2, 0.25) is 0 Å². The van der Waals surface area contributed by atoms with Gasteiger partial charge in [-0.15, -0.1) is 0 Å². The van der Waals surface area contributed by atoms with Crippen molar-refractivity contribution in [1.82, 2.24) is 20.2 Å². The SMILES string of the molecule is CC1=C2CC(c3ncc[nH]3)=CN([C@@H]3CCCOC3)C2N=C(N)N1. The summed E-state index contributed by atoms with van der Waals surface area (Å²) in [4.78, 5) is 14.6. The Morgan fingerprint density at radius 3 is 3.09 bits per heavy atom. The maximum Gasteiger partial charge on any atom is 0.195 e. The highest BCUT2D eigenvalue weighted by Gasteiger charge is 2.35. The normalized spacial score (nSPS) is 28.0. The van der Waals surface area contributed by atoms with Crippen LogP contribution in [0.5, 0.6) is 0 Å². The van der Waals surface area contributed by atoms with Gasteiger partial charge in [0.2, 0.25) is 0 Å². The molecule has 4 N–H and O–H groups in total. The molecular weight excluding hydrogens is 292 g/mol. The van der Waals surface area contributed by atoms with Gasteiger partial charge in [-0.05, 0) is 25.3 Å². The average molecular weight is 314 g/mol. The fourth-order valence-corrected chi connectivity index (χ4v) is 3.53. The lowest BCUT2D eigenvalue weighted by Crippen LogP contribution is -2.50. The summed E-state index contributed by atoms with van der Waals surface area (Å²) in [6, 6.07) is 0.316. The van der Waals surface area contributed by atoms with E-state index in [0.717, 1.165) is 44.0 Å². The van der Waals surface area contributed by atoms with Crippen LogP contribution >= 0.6 is 0 Å². The van der Waals surface area contributed by atoms with E-state index in [2.05, 4.69) is 38.3 Å². The van der Waals surface area contributed by atoms with Crippen molar-refractivity contribution in [2.24, 2.45) is 10.7 Å². The third kappa shape index (κ3) is 2.61. The zero-order valence-corrected chi connectivity index (χ0v) is 13.2. The van der Waals surface area contributed by atoms with E-state index in [4.69, 9.17) is 10.5 Å². The van der Waals surface area contributed by atoms with E-state index in [1.165, 1.54) is 11.1 Å². The molecule has 1 aromatic heterocycles. The number of imidazole rings is 1. The molecule has 7 nitrogen and oxygen atoms in total. The van der Waals surface area contributed by atoms with Gasteiger partial charge in [-0.25, -0.2) is 9.98 Å². The standard InChI is InChI=1S/C16H22N6O/c1-10-13-7-11(14-18-4-5-19-14)8-22(12-3-2-6-23-9-12)15(13)21-16(17)20-10/h4-5,8,12,15H,2-3,6-7,9H2,1H3,(H,18,19)(H3,17,20,21)/t12-,15?/m1/s1. The van der Waals surface area contributed by atoms with Gasteiger partial charge >= 0.3 is 0 Å². The van der Waals surface area contributed by atoms with Gasteiger partial charge in [0, 0.05) is 42.9 Å². The molecule has 23 heavy (non-hydrogen) atoms. The Bertz CT molecular complexity index is 669. The summed E-state index contributed by atoms with van der Waals surface area (Å²) in [7, 11) is 0. The number of nitrogens with two attached hydrogens (primary N) is 1. The molecule has 2 atom stereocenters. The van der Waals surface area contributed by atoms with Gasteiger partial charge in [-0.2, -0.15) is 0 Å². The second-order valence-corrected chi connectivity index (χ2v) is 6.25. The second-order valence-electron chi connectivity index (χ2n) is 6.25. The summed E-state index contributed by atoms with van der Waals surface area (Å²) < 4.78 is 5.69. The first-order valence-corrected chi connectivity index (χ1v) is 8.08. The highest BCUT2D eigenvalue weighted by atomic mass is 16.5. The van der Waals surface area contributed by atoms with Crippen molar-refractivity contribution in [1.29, 1.82) is 0 Å². The van der Waals surface area contributed by atoms with Crippen molar-refractivity contribution in [3.05, 3.63) is 35.7 Å². The van der Waals surface area contributed by atoms with E-state index in [1.807, 2.05) is 6.20 Å². The number of aromatic nitrogens is 2. The maximum atomic E-state index is 5.96. The summed E-state index contributed by atoms with van der Waals surface area (Å²) >= 11 is 0. The topological polar surface area (TPSA) is 91.6 Å². The van der Waals surface area contributed by atoms with Gasteiger partial charge in [0.1, 0.15) is 12.0 Å². The molecule has 0 aromatic carbocycles. The van der Waals surface area contributed by atoms with Crippen LogP contribution in [0.25, 0.3) is 5.57 Å². The molecule has 1 fully saturated rings. The van der Waals surface area contributed by atoms with Gasteiger partial charge in [-0.1, -0.05) is 0 Å². The minimum Gasteiger partial charge on any atom is -0.379 e. The van der Waals surface area contributed by atoms with Gasteiger partial charge in [-0.3, -0.25) is 0 Å². The molecule has 0 spiro atoms. The first kappa shape index (κ1) is 14.3. The molecule has 3 aliphatic rings. The van der Waals surface area contributed by atoms with E-state index in [1.54, 1.807) is 6.20 Å². The Hall–Kier alpha value is -2.28. The molecular formula is C16H22N6O.